The van der Waals surface area contributed by atoms with E-state index < -0.39 is 58.4 Å². The van der Waals surface area contributed by atoms with Crippen molar-refractivity contribution in [2.45, 2.75) is 90.3 Å². The van der Waals surface area contributed by atoms with Crippen LogP contribution in [0.1, 0.15) is 78.2 Å². The molecule has 2 aliphatic heterocycles. The SMILES string of the molecule is CNC(=O)C(C)=C(OCC(CC1(C)OB(B2OC(C)(C)C(C)(C)O2)OC1(C)C)[n+]1ccn(-c2oc3cc(N(C)S(C)(=O)=O)c(Br)cc3c2C(=O)NC)c1)n1ccnc1. The van der Waals surface area contributed by atoms with Gasteiger partial charge in [-0.2, -0.15) is 4.57 Å². The molecule has 1 aromatic carbocycles. The Morgan fingerprint density at radius 2 is 1.64 bits per heavy atom. The molecule has 2 aliphatic rings. The van der Waals surface area contributed by atoms with Gasteiger partial charge >= 0.3 is 19.9 Å². The van der Waals surface area contributed by atoms with E-state index in [1.165, 1.54) is 14.1 Å². The van der Waals surface area contributed by atoms with Crippen molar-refractivity contribution in [3.8, 4) is 5.88 Å². The van der Waals surface area contributed by atoms with Gasteiger partial charge in [-0.15, -0.1) is 0 Å². The Kier molecular flexibility index (Phi) is 11.6. The topological polar surface area (TPSA) is 182 Å². The van der Waals surface area contributed by atoms with Crippen molar-refractivity contribution >= 4 is 74.3 Å². The highest BCUT2D eigenvalue weighted by Gasteiger charge is 2.65. The molecule has 2 saturated heterocycles. The summed E-state index contributed by atoms with van der Waals surface area (Å²) in [6.45, 7) is 15.5. The van der Waals surface area contributed by atoms with E-state index in [9.17, 15) is 18.0 Å². The van der Waals surface area contributed by atoms with E-state index in [-0.39, 0.29) is 29.8 Å². The van der Waals surface area contributed by atoms with Crippen LogP contribution in [0.4, 0.5) is 5.69 Å². The van der Waals surface area contributed by atoms with Crippen LogP contribution in [0.2, 0.25) is 0 Å². The van der Waals surface area contributed by atoms with Gasteiger partial charge in [0.25, 0.3) is 18.1 Å². The van der Waals surface area contributed by atoms with Crippen LogP contribution in [-0.2, 0) is 38.2 Å². The summed E-state index contributed by atoms with van der Waals surface area (Å²) in [6, 6.07) is 2.74. The van der Waals surface area contributed by atoms with Crippen LogP contribution < -0.4 is 19.5 Å². The molecular weight excluding hydrogens is 836 g/mol. The van der Waals surface area contributed by atoms with E-state index in [1.54, 1.807) is 66.5 Å². The number of fused-ring (bicyclic) bond motifs is 1. The first kappa shape index (κ1) is 43.4. The van der Waals surface area contributed by atoms with Crippen LogP contribution in [0.15, 0.2) is 64.0 Å². The van der Waals surface area contributed by atoms with Crippen molar-refractivity contribution < 1.29 is 50.3 Å². The smallest absolute Gasteiger partial charge is 0.474 e. The van der Waals surface area contributed by atoms with Gasteiger partial charge in [0.05, 0.1) is 39.9 Å². The van der Waals surface area contributed by atoms with Gasteiger partial charge in [0.15, 0.2) is 0 Å². The summed E-state index contributed by atoms with van der Waals surface area (Å²) in [6.07, 6.45) is 11.6. The molecule has 4 aromatic rings. The van der Waals surface area contributed by atoms with Gasteiger partial charge in [0.1, 0.15) is 42.5 Å². The summed E-state index contributed by atoms with van der Waals surface area (Å²) in [5, 5.41) is 5.82. The molecule has 2 atom stereocenters. The molecule has 2 unspecified atom stereocenters. The molecule has 5 heterocycles. The summed E-state index contributed by atoms with van der Waals surface area (Å²) in [5.41, 5.74) is -1.81. The van der Waals surface area contributed by atoms with E-state index in [0.717, 1.165) is 10.6 Å². The van der Waals surface area contributed by atoms with Crippen molar-refractivity contribution in [2.24, 2.45) is 0 Å². The van der Waals surface area contributed by atoms with Crippen molar-refractivity contribution in [2.75, 3.05) is 38.3 Å². The molecule has 17 nitrogen and oxygen atoms in total. The van der Waals surface area contributed by atoms with E-state index in [4.69, 9.17) is 27.8 Å². The predicted octanol–water partition coefficient (Wildman–Crippen LogP) is 4.05. The van der Waals surface area contributed by atoms with Gasteiger partial charge in [0.2, 0.25) is 15.9 Å². The monoisotopic (exact) mass is 886 g/mol. The van der Waals surface area contributed by atoms with Crippen molar-refractivity contribution in [1.82, 2.24) is 24.8 Å². The highest BCUT2D eigenvalue weighted by atomic mass is 79.9. The number of nitrogens with zero attached hydrogens (tertiary/aromatic N) is 5. The van der Waals surface area contributed by atoms with Gasteiger partial charge in [0, 0.05) is 55.9 Å². The summed E-state index contributed by atoms with van der Waals surface area (Å²) in [4.78, 5) is 30.5. The molecule has 0 saturated carbocycles. The molecule has 0 radical (unpaired) electrons. The van der Waals surface area contributed by atoms with E-state index in [0.29, 0.717) is 33.1 Å². The highest BCUT2D eigenvalue weighted by molar-refractivity contribution is 9.10. The Morgan fingerprint density at radius 3 is 2.22 bits per heavy atom. The second kappa shape index (κ2) is 15.5. The number of amides is 2. The van der Waals surface area contributed by atoms with Gasteiger partial charge in [-0.25, -0.2) is 18.0 Å². The van der Waals surface area contributed by atoms with Crippen LogP contribution in [-0.4, -0.2) is 105 Å². The van der Waals surface area contributed by atoms with Crippen molar-refractivity contribution in [3.63, 3.8) is 0 Å². The number of aromatic nitrogens is 4. The third kappa shape index (κ3) is 7.95. The Morgan fingerprint density at radius 1 is 1.00 bits per heavy atom. The highest BCUT2D eigenvalue weighted by Crippen LogP contribution is 2.46. The second-order valence-electron chi connectivity index (χ2n) is 16.3. The molecule has 0 bridgehead atoms. The fraction of sp³-hybridized carbons (Fsp3) is 0.514. The molecule has 21 heteroatoms. The minimum atomic E-state index is -3.61. The lowest BCUT2D eigenvalue weighted by atomic mass is 9.49. The van der Waals surface area contributed by atoms with Gasteiger partial charge in [-0.1, -0.05) is 0 Å². The summed E-state index contributed by atoms with van der Waals surface area (Å²) in [5.74, 6) is -0.260. The fourth-order valence-electron chi connectivity index (χ4n) is 6.90. The van der Waals surface area contributed by atoms with Gasteiger partial charge in [-0.3, -0.25) is 18.5 Å². The fourth-order valence-corrected chi connectivity index (χ4v) is 8.14. The number of halogens is 1. The largest absolute Gasteiger partial charge is 0.489 e. The maximum Gasteiger partial charge on any atom is 0.489 e. The first-order chi connectivity index (χ1) is 26.9. The third-order valence-corrected chi connectivity index (χ3v) is 13.4. The number of imidazole rings is 2. The minimum Gasteiger partial charge on any atom is -0.474 e. The number of anilines is 1. The summed E-state index contributed by atoms with van der Waals surface area (Å²) < 4.78 is 70.5. The van der Waals surface area contributed by atoms with E-state index in [1.807, 2.05) is 59.2 Å². The second-order valence-corrected chi connectivity index (χ2v) is 19.1. The number of rotatable bonds is 13. The first-order valence-corrected chi connectivity index (χ1v) is 21.3. The average molecular weight is 887 g/mol. The number of benzene rings is 1. The van der Waals surface area contributed by atoms with Gasteiger partial charge in [-0.05, 0) is 77.4 Å². The van der Waals surface area contributed by atoms with Crippen LogP contribution in [0.3, 0.4) is 0 Å². The molecule has 6 rings (SSSR count). The number of hydrogen-bond acceptors (Lipinski definition) is 11. The predicted molar refractivity (Wildman–Crippen MR) is 221 cm³/mol. The average Bonchev–Trinajstić information content (AvgIpc) is 3.97. The Labute approximate surface area is 347 Å². The number of hydrogen-bond donors (Lipinski definition) is 2. The first-order valence-electron chi connectivity index (χ1n) is 18.7. The Bertz CT molecular complexity index is 2350. The molecule has 0 spiro atoms. The zero-order valence-corrected chi connectivity index (χ0v) is 37.3. The number of ether oxygens (including phenoxy) is 1. The standard InChI is InChI=1S/C37H50B2BrN7O10S/c1-23(30(48)41-9)32(45-14-13-43-21-45)52-20-24(19-37(8)36(6,7)56-39(57-37)38-54-34(2,3)35(4,5)55-38)46-15-16-47(22-46)33-29(31(49)42-10)25-17-26(40)27(18-28(25)53-33)44(11)58(12,50)51/h13-18,21-22,24H,19-20H2,1-12H3,(H-,41,42,48,49)/p+1. The minimum absolute atomic E-state index is 0.0449. The maximum absolute atomic E-state index is 13.5. The molecule has 2 N–H and O–H groups in total. The third-order valence-electron chi connectivity index (χ3n) is 11.6. The van der Waals surface area contributed by atoms with Crippen LogP contribution in [0, 0.1) is 0 Å². The Hall–Kier alpha value is -4.14. The van der Waals surface area contributed by atoms with Gasteiger partial charge < -0.3 is 38.4 Å². The van der Waals surface area contributed by atoms with Crippen LogP contribution in [0.5, 0.6) is 0 Å². The van der Waals surface area contributed by atoms with Crippen LogP contribution in [0.25, 0.3) is 22.7 Å². The Balaban J connectivity index is 1.42. The molecule has 2 fully saturated rings. The van der Waals surface area contributed by atoms with Crippen LogP contribution >= 0.6 is 15.9 Å². The lowest BCUT2D eigenvalue weighted by Crippen LogP contribution is -2.51. The lowest BCUT2D eigenvalue weighted by Gasteiger charge is -2.38. The molecule has 0 aliphatic carbocycles. The molecular formula is C37H51B2BrN7O10S+. The number of sulfonamides is 1. The summed E-state index contributed by atoms with van der Waals surface area (Å²) >= 11 is 3.49. The lowest BCUT2D eigenvalue weighted by molar-refractivity contribution is -0.726. The summed E-state index contributed by atoms with van der Waals surface area (Å²) in [7, 11) is -0.738. The maximum atomic E-state index is 13.5. The van der Waals surface area contributed by atoms with E-state index in [2.05, 4.69) is 31.5 Å². The number of carbonyl (C=O) groups is 2. The molecule has 2 amide bonds. The van der Waals surface area contributed by atoms with Crippen molar-refractivity contribution in [1.29, 1.82) is 0 Å². The number of nitrogens with one attached hydrogen (secondary N) is 2. The molecule has 58 heavy (non-hydrogen) atoms. The zero-order valence-electron chi connectivity index (χ0n) is 34.9. The molecule has 3 aromatic heterocycles. The quantitative estimate of drug-likeness (QED) is 0.0856. The zero-order chi connectivity index (χ0) is 42.7. The number of likely N-dealkylation sites (N-methyl/N-ethyl adjacent to an activating group) is 1. The number of carbonyl (C=O) groups excluding carboxylic acids is 2. The van der Waals surface area contributed by atoms with E-state index >= 15 is 0 Å². The normalized spacial score (nSPS) is 20.9. The van der Waals surface area contributed by atoms with Crippen molar-refractivity contribution in [3.05, 3.63) is 65.2 Å². The number of furan rings is 1. The molecule has 312 valence electrons.